The van der Waals surface area contributed by atoms with Crippen LogP contribution >= 0.6 is 23.1 Å². The zero-order valence-electron chi connectivity index (χ0n) is 7.86. The summed E-state index contributed by atoms with van der Waals surface area (Å²) in [5.41, 5.74) is 0. The third-order valence-electron chi connectivity index (χ3n) is 2.13. The predicted molar refractivity (Wildman–Crippen MR) is 58.8 cm³/mol. The zero-order chi connectivity index (χ0) is 9.26. The first-order valence-electron chi connectivity index (χ1n) is 4.42. The molecule has 0 aromatic carbocycles. The van der Waals surface area contributed by atoms with Crippen molar-refractivity contribution >= 4 is 28.2 Å². The largest absolute Gasteiger partial charge is 0.342 e. The van der Waals surface area contributed by atoms with E-state index in [1.807, 2.05) is 18.7 Å². The number of nitrogens with zero attached hydrogens (tertiary/aromatic N) is 3. The highest BCUT2D eigenvalue weighted by Gasteiger charge is 2.21. The summed E-state index contributed by atoms with van der Waals surface area (Å²) in [7, 11) is 0. The molecule has 1 fully saturated rings. The molecule has 2 rings (SSSR count). The smallest absolute Gasteiger partial charge is 0.208 e. The van der Waals surface area contributed by atoms with Crippen LogP contribution < -0.4 is 4.90 Å². The number of rotatable bonds is 1. The topological polar surface area (TPSA) is 29.0 Å². The molecule has 72 valence electrons. The van der Waals surface area contributed by atoms with Crippen molar-refractivity contribution in [3.63, 3.8) is 0 Å². The molecule has 5 heteroatoms. The molecule has 1 aromatic rings. The van der Waals surface area contributed by atoms with E-state index in [4.69, 9.17) is 0 Å². The van der Waals surface area contributed by atoms with Gasteiger partial charge in [-0.2, -0.15) is 11.8 Å². The Morgan fingerprint density at radius 2 is 2.31 bits per heavy atom. The van der Waals surface area contributed by atoms with Crippen molar-refractivity contribution in [1.82, 2.24) is 10.2 Å². The molecule has 0 bridgehead atoms. The van der Waals surface area contributed by atoms with Crippen molar-refractivity contribution in [2.75, 3.05) is 23.0 Å². The second-order valence-electron chi connectivity index (χ2n) is 3.22. The van der Waals surface area contributed by atoms with E-state index in [0.29, 0.717) is 6.04 Å². The third-order valence-corrected chi connectivity index (χ3v) is 4.19. The van der Waals surface area contributed by atoms with E-state index in [-0.39, 0.29) is 0 Å². The molecule has 1 unspecified atom stereocenters. The lowest BCUT2D eigenvalue weighted by atomic mass is 10.3. The lowest BCUT2D eigenvalue weighted by molar-refractivity contribution is 0.692. The Kier molecular flexibility index (Phi) is 2.74. The van der Waals surface area contributed by atoms with Crippen molar-refractivity contribution in [2.24, 2.45) is 0 Å². The highest BCUT2D eigenvalue weighted by atomic mass is 32.2. The van der Waals surface area contributed by atoms with Crippen LogP contribution in [0.2, 0.25) is 0 Å². The number of thioether (sulfide) groups is 1. The molecular formula is C8H13N3S2. The SMILES string of the molecule is Cc1nnc(N2CCSCC2C)s1. The summed E-state index contributed by atoms with van der Waals surface area (Å²) >= 11 is 3.72. The van der Waals surface area contributed by atoms with Gasteiger partial charge in [-0.1, -0.05) is 11.3 Å². The summed E-state index contributed by atoms with van der Waals surface area (Å²) in [6.45, 7) is 5.37. The molecule has 1 aromatic heterocycles. The Bertz CT molecular complexity index is 287. The standard InChI is InChI=1S/C8H13N3S2/c1-6-5-12-4-3-11(6)8-10-9-7(2)13-8/h6H,3-5H2,1-2H3. The van der Waals surface area contributed by atoms with Gasteiger partial charge in [0.05, 0.1) is 0 Å². The van der Waals surface area contributed by atoms with Crippen LogP contribution in [-0.4, -0.2) is 34.3 Å². The average Bonchev–Trinajstić information content (AvgIpc) is 2.53. The molecule has 3 nitrogen and oxygen atoms in total. The van der Waals surface area contributed by atoms with Gasteiger partial charge < -0.3 is 4.90 Å². The van der Waals surface area contributed by atoms with E-state index in [1.165, 1.54) is 11.5 Å². The van der Waals surface area contributed by atoms with E-state index in [1.54, 1.807) is 11.3 Å². The monoisotopic (exact) mass is 215 g/mol. The molecule has 2 heterocycles. The van der Waals surface area contributed by atoms with E-state index in [0.717, 1.165) is 16.7 Å². The number of hydrogen-bond donors (Lipinski definition) is 0. The van der Waals surface area contributed by atoms with Crippen LogP contribution in [0.5, 0.6) is 0 Å². The normalized spacial score (nSPS) is 23.5. The maximum Gasteiger partial charge on any atom is 0.208 e. The number of aryl methyl sites for hydroxylation is 1. The van der Waals surface area contributed by atoms with Gasteiger partial charge in [0.2, 0.25) is 5.13 Å². The Morgan fingerprint density at radius 3 is 2.92 bits per heavy atom. The van der Waals surface area contributed by atoms with E-state index < -0.39 is 0 Å². The summed E-state index contributed by atoms with van der Waals surface area (Å²) in [5.74, 6) is 2.42. The van der Waals surface area contributed by atoms with Crippen molar-refractivity contribution in [3.05, 3.63) is 5.01 Å². The maximum absolute atomic E-state index is 4.18. The number of hydrogen-bond acceptors (Lipinski definition) is 5. The van der Waals surface area contributed by atoms with Crippen molar-refractivity contribution in [3.8, 4) is 0 Å². The third kappa shape index (κ3) is 1.96. The first kappa shape index (κ1) is 9.27. The minimum Gasteiger partial charge on any atom is -0.342 e. The maximum atomic E-state index is 4.18. The molecule has 1 aliphatic rings. The van der Waals surface area contributed by atoms with Crippen LogP contribution in [-0.2, 0) is 0 Å². The second-order valence-corrected chi connectivity index (χ2v) is 5.53. The van der Waals surface area contributed by atoms with Gasteiger partial charge in [-0.25, -0.2) is 0 Å². The van der Waals surface area contributed by atoms with Gasteiger partial charge in [0, 0.05) is 24.1 Å². The van der Waals surface area contributed by atoms with Crippen molar-refractivity contribution in [2.45, 2.75) is 19.9 Å². The number of aromatic nitrogens is 2. The van der Waals surface area contributed by atoms with Gasteiger partial charge in [0.1, 0.15) is 5.01 Å². The predicted octanol–water partition coefficient (Wildman–Crippen LogP) is 1.79. The molecule has 0 radical (unpaired) electrons. The molecule has 0 N–H and O–H groups in total. The van der Waals surface area contributed by atoms with Gasteiger partial charge >= 0.3 is 0 Å². The zero-order valence-corrected chi connectivity index (χ0v) is 9.49. The lowest BCUT2D eigenvalue weighted by Gasteiger charge is -2.32. The molecule has 1 aliphatic heterocycles. The van der Waals surface area contributed by atoms with Crippen LogP contribution in [0, 0.1) is 6.92 Å². The quantitative estimate of drug-likeness (QED) is 0.714. The second kappa shape index (κ2) is 3.84. The fourth-order valence-electron chi connectivity index (χ4n) is 1.41. The van der Waals surface area contributed by atoms with Gasteiger partial charge in [-0.15, -0.1) is 10.2 Å². The lowest BCUT2D eigenvalue weighted by Crippen LogP contribution is -2.40. The molecule has 0 saturated carbocycles. The van der Waals surface area contributed by atoms with Crippen LogP contribution in [0.15, 0.2) is 0 Å². The van der Waals surface area contributed by atoms with Crippen molar-refractivity contribution in [1.29, 1.82) is 0 Å². The van der Waals surface area contributed by atoms with E-state index >= 15 is 0 Å². The fraction of sp³-hybridized carbons (Fsp3) is 0.750. The minimum atomic E-state index is 0.603. The fourth-order valence-corrected chi connectivity index (χ4v) is 3.24. The first-order valence-corrected chi connectivity index (χ1v) is 6.39. The van der Waals surface area contributed by atoms with Gasteiger partial charge in [0.15, 0.2) is 0 Å². The Labute approximate surface area is 86.5 Å². The van der Waals surface area contributed by atoms with Gasteiger partial charge in [0.25, 0.3) is 0 Å². The van der Waals surface area contributed by atoms with Gasteiger partial charge in [-0.05, 0) is 13.8 Å². The molecule has 0 amide bonds. The summed E-state index contributed by atoms with van der Waals surface area (Å²) in [6.07, 6.45) is 0. The van der Waals surface area contributed by atoms with Gasteiger partial charge in [-0.3, -0.25) is 0 Å². The molecule has 0 aliphatic carbocycles. The molecular weight excluding hydrogens is 202 g/mol. The molecule has 1 saturated heterocycles. The van der Waals surface area contributed by atoms with Crippen LogP contribution in [0.1, 0.15) is 11.9 Å². The summed E-state index contributed by atoms with van der Waals surface area (Å²) in [6, 6.07) is 0.603. The van der Waals surface area contributed by atoms with E-state index in [9.17, 15) is 0 Å². The van der Waals surface area contributed by atoms with Crippen molar-refractivity contribution < 1.29 is 0 Å². The Morgan fingerprint density at radius 1 is 1.46 bits per heavy atom. The first-order chi connectivity index (χ1) is 6.27. The van der Waals surface area contributed by atoms with Crippen LogP contribution in [0.4, 0.5) is 5.13 Å². The van der Waals surface area contributed by atoms with Crippen LogP contribution in [0.3, 0.4) is 0 Å². The molecule has 1 atom stereocenters. The van der Waals surface area contributed by atoms with Crippen LogP contribution in [0.25, 0.3) is 0 Å². The highest BCUT2D eigenvalue weighted by Crippen LogP contribution is 2.26. The summed E-state index contributed by atoms with van der Waals surface area (Å²) in [5, 5.41) is 10.4. The number of anilines is 1. The molecule has 0 spiro atoms. The Hall–Kier alpha value is -0.290. The Balaban J connectivity index is 2.14. The van der Waals surface area contributed by atoms with E-state index in [2.05, 4.69) is 22.0 Å². The summed E-state index contributed by atoms with van der Waals surface area (Å²) in [4.78, 5) is 2.36. The summed E-state index contributed by atoms with van der Waals surface area (Å²) < 4.78 is 0. The molecule has 13 heavy (non-hydrogen) atoms. The average molecular weight is 215 g/mol. The minimum absolute atomic E-state index is 0.603. The highest BCUT2D eigenvalue weighted by molar-refractivity contribution is 7.99.